The average molecular weight is 235 g/mol. The molecule has 3 nitrogen and oxygen atoms in total. The van der Waals surface area contributed by atoms with Crippen LogP contribution < -0.4 is 4.90 Å². The highest BCUT2D eigenvalue weighted by atomic mass is 16.4. The molecule has 0 atom stereocenters. The number of carboxylic acids is 1. The Morgan fingerprint density at radius 2 is 2.06 bits per heavy atom. The molecule has 1 N–H and O–H groups in total. The maximum Gasteiger partial charge on any atom is 0.336 e. The summed E-state index contributed by atoms with van der Waals surface area (Å²) in [6.07, 6.45) is 3.55. The zero-order valence-corrected chi connectivity index (χ0v) is 10.9. The van der Waals surface area contributed by atoms with Crippen LogP contribution in [0.2, 0.25) is 0 Å². The number of carboxylic acid groups (broad SMARTS) is 1. The minimum atomic E-state index is -0.855. The van der Waals surface area contributed by atoms with E-state index in [9.17, 15) is 4.79 Å². The molecule has 0 aliphatic rings. The molecule has 0 unspecified atom stereocenters. The molecule has 0 aliphatic carbocycles. The Morgan fingerprint density at radius 3 is 2.65 bits per heavy atom. The van der Waals surface area contributed by atoms with Crippen molar-refractivity contribution in [2.24, 2.45) is 0 Å². The largest absolute Gasteiger partial charge is 0.478 e. The van der Waals surface area contributed by atoms with Crippen LogP contribution in [0.3, 0.4) is 0 Å². The number of aromatic carboxylic acids is 1. The van der Waals surface area contributed by atoms with Crippen LogP contribution in [0.15, 0.2) is 18.2 Å². The number of hydrogen-bond donors (Lipinski definition) is 1. The predicted molar refractivity (Wildman–Crippen MR) is 70.9 cm³/mol. The number of nitrogens with zero attached hydrogens (tertiary/aromatic N) is 1. The van der Waals surface area contributed by atoms with Gasteiger partial charge < -0.3 is 10.0 Å². The summed E-state index contributed by atoms with van der Waals surface area (Å²) in [6, 6.07) is 5.44. The highest BCUT2D eigenvalue weighted by Crippen LogP contribution is 2.22. The number of unbranched alkanes of at least 4 members (excludes halogenated alkanes) is 2. The quantitative estimate of drug-likeness (QED) is 0.769. The molecule has 0 radical (unpaired) electrons. The topological polar surface area (TPSA) is 40.5 Å². The van der Waals surface area contributed by atoms with Gasteiger partial charge in [0, 0.05) is 19.3 Å². The molecule has 0 saturated carbocycles. The lowest BCUT2D eigenvalue weighted by Gasteiger charge is -2.22. The van der Waals surface area contributed by atoms with E-state index in [4.69, 9.17) is 5.11 Å². The fourth-order valence-corrected chi connectivity index (χ4v) is 1.99. The molecular formula is C14H21NO2. The molecule has 1 aromatic carbocycles. The fraction of sp³-hybridized carbons (Fsp3) is 0.500. The zero-order valence-electron chi connectivity index (χ0n) is 10.9. The Morgan fingerprint density at radius 1 is 1.35 bits per heavy atom. The van der Waals surface area contributed by atoms with Crippen molar-refractivity contribution in [2.45, 2.75) is 33.1 Å². The highest BCUT2D eigenvalue weighted by molar-refractivity contribution is 5.91. The van der Waals surface area contributed by atoms with Crippen LogP contribution in [0.25, 0.3) is 0 Å². The first-order valence-corrected chi connectivity index (χ1v) is 6.12. The van der Waals surface area contributed by atoms with E-state index in [-0.39, 0.29) is 0 Å². The number of carbonyl (C=O) groups is 1. The van der Waals surface area contributed by atoms with Gasteiger partial charge in [0.05, 0.1) is 5.56 Å². The Kier molecular flexibility index (Phi) is 5.01. The van der Waals surface area contributed by atoms with Crippen molar-refractivity contribution >= 4 is 11.7 Å². The first-order valence-electron chi connectivity index (χ1n) is 6.12. The van der Waals surface area contributed by atoms with Crippen LogP contribution in [0.4, 0.5) is 5.69 Å². The molecular weight excluding hydrogens is 214 g/mol. The van der Waals surface area contributed by atoms with Crippen LogP contribution in [0.5, 0.6) is 0 Å². The van der Waals surface area contributed by atoms with Gasteiger partial charge in [-0.15, -0.1) is 0 Å². The zero-order chi connectivity index (χ0) is 12.8. The first kappa shape index (κ1) is 13.6. The summed E-state index contributed by atoms with van der Waals surface area (Å²) in [4.78, 5) is 13.2. The smallest absolute Gasteiger partial charge is 0.336 e. The van der Waals surface area contributed by atoms with Crippen molar-refractivity contribution in [1.29, 1.82) is 0 Å². The van der Waals surface area contributed by atoms with Crippen LogP contribution in [-0.4, -0.2) is 24.7 Å². The molecule has 94 valence electrons. The molecule has 3 heteroatoms. The Bertz CT molecular complexity index is 388. The summed E-state index contributed by atoms with van der Waals surface area (Å²) in [6.45, 7) is 5.02. The molecule has 0 amide bonds. The third kappa shape index (κ3) is 3.48. The van der Waals surface area contributed by atoms with Gasteiger partial charge in [0.1, 0.15) is 0 Å². The Hall–Kier alpha value is -1.51. The Balaban J connectivity index is 2.83. The summed E-state index contributed by atoms with van der Waals surface area (Å²) >= 11 is 0. The lowest BCUT2D eigenvalue weighted by molar-refractivity contribution is 0.0696. The molecule has 0 spiro atoms. The van der Waals surface area contributed by atoms with E-state index in [1.807, 2.05) is 26.1 Å². The monoisotopic (exact) mass is 235 g/mol. The van der Waals surface area contributed by atoms with Crippen molar-refractivity contribution in [2.75, 3.05) is 18.5 Å². The maximum absolute atomic E-state index is 11.0. The van der Waals surface area contributed by atoms with Gasteiger partial charge in [-0.2, -0.15) is 0 Å². The normalized spacial score (nSPS) is 10.3. The lowest BCUT2D eigenvalue weighted by atomic mass is 10.1. The van der Waals surface area contributed by atoms with E-state index in [2.05, 4.69) is 11.8 Å². The van der Waals surface area contributed by atoms with Crippen molar-refractivity contribution < 1.29 is 9.90 Å². The maximum atomic E-state index is 11.0. The summed E-state index contributed by atoms with van der Waals surface area (Å²) in [5.41, 5.74) is 2.25. The number of rotatable bonds is 6. The standard InChI is InChI=1S/C14H21NO2/c1-4-5-6-10-15(3)13-9-7-8-12(11(13)2)14(16)17/h7-9H,4-6,10H2,1-3H3,(H,16,17). The molecule has 0 saturated heterocycles. The third-order valence-corrected chi connectivity index (χ3v) is 3.04. The van der Waals surface area contributed by atoms with Gasteiger partial charge in [-0.25, -0.2) is 4.79 Å². The van der Waals surface area contributed by atoms with E-state index in [1.54, 1.807) is 6.07 Å². The van der Waals surface area contributed by atoms with Gasteiger partial charge >= 0.3 is 5.97 Å². The summed E-state index contributed by atoms with van der Waals surface area (Å²) < 4.78 is 0. The van der Waals surface area contributed by atoms with E-state index in [0.29, 0.717) is 5.56 Å². The predicted octanol–water partition coefficient (Wildman–Crippen LogP) is 3.32. The van der Waals surface area contributed by atoms with Crippen LogP contribution >= 0.6 is 0 Å². The van der Waals surface area contributed by atoms with Crippen molar-refractivity contribution in [3.05, 3.63) is 29.3 Å². The Labute approximate surface area is 103 Å². The summed E-state index contributed by atoms with van der Waals surface area (Å²) in [5.74, 6) is -0.855. The number of benzene rings is 1. The third-order valence-electron chi connectivity index (χ3n) is 3.04. The molecule has 17 heavy (non-hydrogen) atoms. The van der Waals surface area contributed by atoms with Crippen LogP contribution in [0, 0.1) is 6.92 Å². The second kappa shape index (κ2) is 6.28. The van der Waals surface area contributed by atoms with Gasteiger partial charge in [-0.1, -0.05) is 25.8 Å². The lowest BCUT2D eigenvalue weighted by Crippen LogP contribution is -2.20. The molecule has 1 aromatic rings. The number of anilines is 1. The van der Waals surface area contributed by atoms with Gasteiger partial charge in [0.25, 0.3) is 0 Å². The van der Waals surface area contributed by atoms with Crippen LogP contribution in [0.1, 0.15) is 42.1 Å². The van der Waals surface area contributed by atoms with E-state index in [1.165, 1.54) is 12.8 Å². The minimum absolute atomic E-state index is 0.393. The van der Waals surface area contributed by atoms with Gasteiger partial charge in [0.2, 0.25) is 0 Å². The van der Waals surface area contributed by atoms with E-state index in [0.717, 1.165) is 24.2 Å². The second-order valence-corrected chi connectivity index (χ2v) is 4.38. The van der Waals surface area contributed by atoms with Gasteiger partial charge in [0.15, 0.2) is 0 Å². The van der Waals surface area contributed by atoms with E-state index >= 15 is 0 Å². The van der Waals surface area contributed by atoms with Gasteiger partial charge in [-0.3, -0.25) is 0 Å². The molecule has 0 bridgehead atoms. The minimum Gasteiger partial charge on any atom is -0.478 e. The summed E-state index contributed by atoms with van der Waals surface area (Å²) in [5, 5.41) is 9.07. The molecule has 0 heterocycles. The van der Waals surface area contributed by atoms with Crippen molar-refractivity contribution in [3.63, 3.8) is 0 Å². The molecule has 1 rings (SSSR count). The van der Waals surface area contributed by atoms with E-state index < -0.39 is 5.97 Å². The SMILES string of the molecule is CCCCCN(C)c1cccc(C(=O)O)c1C. The molecule has 0 fully saturated rings. The van der Waals surface area contributed by atoms with Crippen molar-refractivity contribution in [3.8, 4) is 0 Å². The highest BCUT2D eigenvalue weighted by Gasteiger charge is 2.12. The molecule has 0 aliphatic heterocycles. The van der Waals surface area contributed by atoms with Crippen molar-refractivity contribution in [1.82, 2.24) is 0 Å². The fourth-order valence-electron chi connectivity index (χ4n) is 1.99. The average Bonchev–Trinajstić information content (AvgIpc) is 2.29. The van der Waals surface area contributed by atoms with Gasteiger partial charge in [-0.05, 0) is 31.0 Å². The second-order valence-electron chi connectivity index (χ2n) is 4.38. The molecule has 0 aromatic heterocycles. The van der Waals surface area contributed by atoms with Crippen LogP contribution in [-0.2, 0) is 0 Å². The first-order chi connectivity index (χ1) is 8.07. The summed E-state index contributed by atoms with van der Waals surface area (Å²) in [7, 11) is 2.02. The number of hydrogen-bond acceptors (Lipinski definition) is 2.